The number of ether oxygens (including phenoxy) is 3. The minimum Gasteiger partial charge on any atom is -0.462 e. The molecule has 0 heterocycles. The number of carbonyl (C=O) groups is 3. The fourth-order valence-electron chi connectivity index (χ4n) is 9.36. The molecule has 6 heteroatoms. The molecule has 0 saturated heterocycles. The van der Waals surface area contributed by atoms with Gasteiger partial charge in [0.15, 0.2) is 6.10 Å². The highest BCUT2D eigenvalue weighted by Gasteiger charge is 2.19. The molecule has 0 rings (SSSR count). The van der Waals surface area contributed by atoms with Crippen LogP contribution in [0.4, 0.5) is 0 Å². The Labute approximate surface area is 506 Å². The minimum atomic E-state index is -0.794. The van der Waals surface area contributed by atoms with Crippen molar-refractivity contribution >= 4 is 17.9 Å². The van der Waals surface area contributed by atoms with Crippen LogP contribution < -0.4 is 0 Å². The van der Waals surface area contributed by atoms with Gasteiger partial charge in [-0.15, -0.1) is 0 Å². The van der Waals surface area contributed by atoms with Crippen LogP contribution in [0.5, 0.6) is 0 Å². The van der Waals surface area contributed by atoms with Crippen molar-refractivity contribution in [3.8, 4) is 0 Å². The number of hydrogen-bond donors (Lipinski definition) is 0. The predicted molar refractivity (Wildman–Crippen MR) is 357 cm³/mol. The van der Waals surface area contributed by atoms with Gasteiger partial charge in [0.1, 0.15) is 13.2 Å². The van der Waals surface area contributed by atoms with E-state index in [0.29, 0.717) is 19.3 Å². The first-order chi connectivity index (χ1) is 40.5. The molecule has 0 aromatic carbocycles. The van der Waals surface area contributed by atoms with Crippen molar-refractivity contribution < 1.29 is 28.6 Å². The highest BCUT2D eigenvalue weighted by atomic mass is 16.6. The van der Waals surface area contributed by atoms with Gasteiger partial charge < -0.3 is 14.2 Å². The van der Waals surface area contributed by atoms with Crippen LogP contribution >= 0.6 is 0 Å². The van der Waals surface area contributed by atoms with Gasteiger partial charge in [0.2, 0.25) is 0 Å². The summed E-state index contributed by atoms with van der Waals surface area (Å²) in [6.07, 6.45) is 97.5. The van der Waals surface area contributed by atoms with E-state index in [0.717, 1.165) is 148 Å². The summed E-state index contributed by atoms with van der Waals surface area (Å²) in [5.41, 5.74) is 0. The quantitative estimate of drug-likeness (QED) is 0.0261. The lowest BCUT2D eigenvalue weighted by Crippen LogP contribution is -2.30. The first kappa shape index (κ1) is 77.5. The van der Waals surface area contributed by atoms with Crippen molar-refractivity contribution in [2.24, 2.45) is 0 Å². The second kappa shape index (κ2) is 69.0. The van der Waals surface area contributed by atoms with Crippen molar-refractivity contribution in [1.82, 2.24) is 0 Å². The molecule has 0 aromatic rings. The van der Waals surface area contributed by atoms with Gasteiger partial charge in [0.25, 0.3) is 0 Å². The number of allylic oxidation sites excluding steroid dienone is 22. The number of unbranched alkanes of at least 4 members (excludes halogenated alkanes) is 28. The molecule has 0 aliphatic heterocycles. The predicted octanol–water partition coefficient (Wildman–Crippen LogP) is 23.7. The zero-order valence-electron chi connectivity index (χ0n) is 53.5. The molecule has 0 fully saturated rings. The molecule has 466 valence electrons. The summed E-state index contributed by atoms with van der Waals surface area (Å²) in [6.45, 7) is 6.42. The third-order valence-corrected chi connectivity index (χ3v) is 14.4. The largest absolute Gasteiger partial charge is 0.462 e. The molecule has 0 bridgehead atoms. The third kappa shape index (κ3) is 66.4. The Morgan fingerprint density at radius 3 is 0.744 bits per heavy atom. The SMILES string of the molecule is CC/C=C\C/C=C\C/C=C\C/C=C\C/C=C\C/C=C\C/C=C\C/C=C\CCCCCCCCC(=O)OCC(COC(=O)CCCCCCCCCCCCCCCCCC)OC(=O)CCCCCCCCC/C=C\C/C=C\C/C=C\CC. The minimum absolute atomic E-state index is 0.0871. The molecule has 0 N–H and O–H groups in total. The average molecular weight is 1140 g/mol. The Morgan fingerprint density at radius 2 is 0.476 bits per heavy atom. The van der Waals surface area contributed by atoms with Gasteiger partial charge in [-0.2, -0.15) is 0 Å². The second-order valence-corrected chi connectivity index (χ2v) is 22.3. The van der Waals surface area contributed by atoms with E-state index in [1.807, 2.05) is 0 Å². The second-order valence-electron chi connectivity index (χ2n) is 22.3. The molecular formula is C76H126O6. The number of esters is 3. The molecule has 6 nitrogen and oxygen atoms in total. The van der Waals surface area contributed by atoms with Crippen molar-refractivity contribution in [3.05, 3.63) is 134 Å². The number of hydrogen-bond acceptors (Lipinski definition) is 6. The summed E-state index contributed by atoms with van der Waals surface area (Å²) < 4.78 is 17.0. The van der Waals surface area contributed by atoms with Gasteiger partial charge in [0.05, 0.1) is 0 Å². The van der Waals surface area contributed by atoms with Gasteiger partial charge >= 0.3 is 17.9 Å². The summed E-state index contributed by atoms with van der Waals surface area (Å²) in [5.74, 6) is -0.904. The van der Waals surface area contributed by atoms with E-state index in [9.17, 15) is 14.4 Å². The third-order valence-electron chi connectivity index (χ3n) is 14.4. The maximum Gasteiger partial charge on any atom is 0.306 e. The Morgan fingerprint density at radius 1 is 0.256 bits per heavy atom. The Balaban J connectivity index is 4.37. The Hall–Kier alpha value is -4.45. The maximum atomic E-state index is 12.9. The van der Waals surface area contributed by atoms with E-state index >= 15 is 0 Å². The zero-order chi connectivity index (χ0) is 59.2. The summed E-state index contributed by atoms with van der Waals surface area (Å²) in [5, 5.41) is 0. The van der Waals surface area contributed by atoms with Crippen LogP contribution in [-0.2, 0) is 28.6 Å². The molecule has 0 aromatic heterocycles. The van der Waals surface area contributed by atoms with Gasteiger partial charge in [0, 0.05) is 19.3 Å². The van der Waals surface area contributed by atoms with Crippen LogP contribution in [-0.4, -0.2) is 37.2 Å². The fourth-order valence-corrected chi connectivity index (χ4v) is 9.36. The van der Waals surface area contributed by atoms with Crippen LogP contribution in [0.2, 0.25) is 0 Å². The highest BCUT2D eigenvalue weighted by Crippen LogP contribution is 2.16. The van der Waals surface area contributed by atoms with E-state index in [-0.39, 0.29) is 31.1 Å². The lowest BCUT2D eigenvalue weighted by atomic mass is 10.0. The molecule has 0 aliphatic carbocycles. The molecule has 82 heavy (non-hydrogen) atoms. The van der Waals surface area contributed by atoms with Crippen molar-refractivity contribution in [3.63, 3.8) is 0 Å². The fraction of sp³-hybridized carbons (Fsp3) is 0.671. The summed E-state index contributed by atoms with van der Waals surface area (Å²) >= 11 is 0. The smallest absolute Gasteiger partial charge is 0.306 e. The summed E-state index contributed by atoms with van der Waals surface area (Å²) in [6, 6.07) is 0. The van der Waals surface area contributed by atoms with E-state index in [1.54, 1.807) is 0 Å². The first-order valence-electron chi connectivity index (χ1n) is 34.2. The van der Waals surface area contributed by atoms with Gasteiger partial charge in [-0.1, -0.05) is 309 Å². The first-order valence-corrected chi connectivity index (χ1v) is 34.2. The van der Waals surface area contributed by atoms with Gasteiger partial charge in [-0.05, 0) is 116 Å². The maximum absolute atomic E-state index is 12.9. The van der Waals surface area contributed by atoms with Crippen LogP contribution in [0.25, 0.3) is 0 Å². The Kier molecular flexibility index (Phi) is 65.3. The molecule has 0 aliphatic rings. The van der Waals surface area contributed by atoms with E-state index in [4.69, 9.17) is 14.2 Å². The zero-order valence-corrected chi connectivity index (χ0v) is 53.5. The summed E-state index contributed by atoms with van der Waals surface area (Å²) in [7, 11) is 0. The standard InChI is InChI=1S/C76H126O6/c1-4-7-10-13-16-19-22-25-28-31-32-33-34-35-36-37-38-39-40-41-42-43-44-46-48-51-54-57-60-63-66-69-75(78)81-72-73(71-80-74(77)68-65-62-59-56-53-50-47-30-27-24-21-18-15-12-9-6-3)82-76(79)70-67-64-61-58-55-52-49-45-29-26-23-20-17-14-11-8-5-2/h7-8,10-11,16-17,19-20,25-26,28-29,32-33,35-36,38-39,41-42,44,46,73H,4-6,9,12-15,18,21-24,27,30-31,34,37,40,43,45,47-72H2,1-3H3/b10-7-,11-8-,19-16-,20-17-,28-25-,29-26-,33-32-,36-35-,39-38-,42-41-,46-44-. The van der Waals surface area contributed by atoms with E-state index in [1.165, 1.54) is 122 Å². The number of carbonyl (C=O) groups excluding carboxylic acids is 3. The summed E-state index contributed by atoms with van der Waals surface area (Å²) in [4.78, 5) is 38.4. The van der Waals surface area contributed by atoms with Gasteiger partial charge in [-0.25, -0.2) is 0 Å². The molecular weight excluding hydrogens is 1010 g/mol. The molecule has 1 unspecified atom stereocenters. The molecule has 0 radical (unpaired) electrons. The van der Waals surface area contributed by atoms with E-state index < -0.39 is 6.10 Å². The highest BCUT2D eigenvalue weighted by molar-refractivity contribution is 5.71. The van der Waals surface area contributed by atoms with Crippen molar-refractivity contribution in [2.45, 2.75) is 316 Å². The van der Waals surface area contributed by atoms with Gasteiger partial charge in [-0.3, -0.25) is 14.4 Å². The number of rotatable bonds is 61. The van der Waals surface area contributed by atoms with Crippen LogP contribution in [0.3, 0.4) is 0 Å². The molecule has 0 spiro atoms. The van der Waals surface area contributed by atoms with Crippen LogP contribution in [0.15, 0.2) is 134 Å². The molecule has 1 atom stereocenters. The normalized spacial score (nSPS) is 13.0. The molecule has 0 amide bonds. The van der Waals surface area contributed by atoms with Crippen LogP contribution in [0, 0.1) is 0 Å². The average Bonchev–Trinajstić information content (AvgIpc) is 3.48. The van der Waals surface area contributed by atoms with E-state index in [2.05, 4.69) is 154 Å². The molecule has 0 saturated carbocycles. The van der Waals surface area contributed by atoms with Crippen molar-refractivity contribution in [2.75, 3.05) is 13.2 Å². The van der Waals surface area contributed by atoms with Crippen molar-refractivity contribution in [1.29, 1.82) is 0 Å². The lowest BCUT2D eigenvalue weighted by molar-refractivity contribution is -0.167. The lowest BCUT2D eigenvalue weighted by Gasteiger charge is -2.18. The van der Waals surface area contributed by atoms with Crippen LogP contribution in [0.1, 0.15) is 310 Å². The Bertz CT molecular complexity index is 1730. The topological polar surface area (TPSA) is 78.9 Å². The monoisotopic (exact) mass is 1130 g/mol.